The van der Waals surface area contributed by atoms with Crippen LogP contribution in [0.25, 0.3) is 0 Å². The molecule has 2 aromatic carbocycles. The fraction of sp³-hybridized carbons (Fsp3) is 0.143. The van der Waals surface area contributed by atoms with Gasteiger partial charge in [-0.25, -0.2) is 0 Å². The van der Waals surface area contributed by atoms with Crippen molar-refractivity contribution in [3.63, 3.8) is 0 Å². The molecular formula is C14H11BrCl3O2P. The minimum Gasteiger partial charge on any atom is -0.380 e. The summed E-state index contributed by atoms with van der Waals surface area (Å²) in [4.78, 5) is 0. The SMILES string of the molecule is O=[P@@](c1ccccc1)(c1ccc(Br)cc1)[C@H](O)C(Cl)(Cl)Cl. The Kier molecular flexibility index (Phi) is 5.46. The van der Waals surface area contributed by atoms with Crippen molar-refractivity contribution in [3.05, 3.63) is 59.1 Å². The van der Waals surface area contributed by atoms with Crippen LogP contribution in [0, 0.1) is 0 Å². The largest absolute Gasteiger partial charge is 0.380 e. The minimum absolute atomic E-state index is 0.427. The zero-order valence-corrected chi connectivity index (χ0v) is 15.3. The first-order chi connectivity index (χ1) is 9.76. The fourth-order valence-electron chi connectivity index (χ4n) is 1.95. The van der Waals surface area contributed by atoms with Crippen LogP contribution in [0.1, 0.15) is 0 Å². The number of halogens is 4. The van der Waals surface area contributed by atoms with Gasteiger partial charge in [0.05, 0.1) is 0 Å². The van der Waals surface area contributed by atoms with Gasteiger partial charge in [0, 0.05) is 15.1 Å². The van der Waals surface area contributed by atoms with Gasteiger partial charge in [-0.2, -0.15) is 0 Å². The number of rotatable bonds is 3. The molecule has 2 atom stereocenters. The van der Waals surface area contributed by atoms with Crippen LogP contribution in [-0.4, -0.2) is 14.7 Å². The van der Waals surface area contributed by atoms with E-state index in [2.05, 4.69) is 15.9 Å². The topological polar surface area (TPSA) is 37.3 Å². The number of benzene rings is 2. The summed E-state index contributed by atoms with van der Waals surface area (Å²) in [5, 5.41) is 11.3. The predicted octanol–water partition coefficient (Wildman–Crippen LogP) is 4.45. The normalized spacial score (nSPS) is 16.2. The van der Waals surface area contributed by atoms with E-state index in [1.165, 1.54) is 0 Å². The van der Waals surface area contributed by atoms with Gasteiger partial charge in [0.15, 0.2) is 13.0 Å². The molecule has 0 saturated heterocycles. The van der Waals surface area contributed by atoms with Gasteiger partial charge in [0.2, 0.25) is 3.79 Å². The fourth-order valence-corrected chi connectivity index (χ4v) is 5.93. The summed E-state index contributed by atoms with van der Waals surface area (Å²) in [6.45, 7) is 0. The lowest BCUT2D eigenvalue weighted by atomic mass is 10.4. The van der Waals surface area contributed by atoms with Gasteiger partial charge in [0.1, 0.15) is 0 Å². The van der Waals surface area contributed by atoms with Gasteiger partial charge >= 0.3 is 0 Å². The van der Waals surface area contributed by atoms with Crippen molar-refractivity contribution in [2.45, 2.75) is 9.64 Å². The molecule has 0 fully saturated rings. The molecule has 0 aliphatic rings. The smallest absolute Gasteiger partial charge is 0.223 e. The Morgan fingerprint density at radius 1 is 0.952 bits per heavy atom. The molecule has 0 unspecified atom stereocenters. The average molecular weight is 428 g/mol. The maximum Gasteiger partial charge on any atom is 0.223 e. The maximum absolute atomic E-state index is 13.6. The van der Waals surface area contributed by atoms with E-state index in [9.17, 15) is 9.67 Å². The van der Waals surface area contributed by atoms with Gasteiger partial charge in [0.25, 0.3) is 0 Å². The van der Waals surface area contributed by atoms with Crippen LogP contribution in [0.2, 0.25) is 0 Å². The molecule has 0 heterocycles. The van der Waals surface area contributed by atoms with E-state index in [-0.39, 0.29) is 0 Å². The van der Waals surface area contributed by atoms with Gasteiger partial charge in [-0.15, -0.1) is 0 Å². The minimum atomic E-state index is -3.52. The lowest BCUT2D eigenvalue weighted by Gasteiger charge is -2.29. The number of hydrogen-bond acceptors (Lipinski definition) is 2. The van der Waals surface area contributed by atoms with Crippen LogP contribution in [0.3, 0.4) is 0 Å². The highest BCUT2D eigenvalue weighted by molar-refractivity contribution is 9.10. The predicted molar refractivity (Wildman–Crippen MR) is 93.8 cm³/mol. The third-order valence-corrected chi connectivity index (χ3v) is 7.80. The van der Waals surface area contributed by atoms with Crippen LogP contribution < -0.4 is 10.6 Å². The Balaban J connectivity index is 2.65. The van der Waals surface area contributed by atoms with Crippen LogP contribution in [0.4, 0.5) is 0 Å². The second-order valence-corrected chi connectivity index (χ2v) is 10.5. The van der Waals surface area contributed by atoms with Gasteiger partial charge < -0.3 is 9.67 Å². The van der Waals surface area contributed by atoms with Gasteiger partial charge in [-0.1, -0.05) is 81.1 Å². The summed E-state index contributed by atoms with van der Waals surface area (Å²) in [7, 11) is -3.52. The van der Waals surface area contributed by atoms with E-state index < -0.39 is 16.8 Å². The molecule has 1 N–H and O–H groups in total. The van der Waals surface area contributed by atoms with Crippen molar-refractivity contribution in [3.8, 4) is 0 Å². The molecule has 0 saturated carbocycles. The lowest BCUT2D eigenvalue weighted by Crippen LogP contribution is -2.34. The van der Waals surface area contributed by atoms with E-state index >= 15 is 0 Å². The van der Waals surface area contributed by atoms with Crippen molar-refractivity contribution in [1.29, 1.82) is 0 Å². The van der Waals surface area contributed by atoms with E-state index in [1.54, 1.807) is 54.6 Å². The van der Waals surface area contributed by atoms with E-state index in [1.807, 2.05) is 0 Å². The summed E-state index contributed by atoms with van der Waals surface area (Å²) in [5.74, 6) is -1.64. The van der Waals surface area contributed by atoms with Crippen LogP contribution in [-0.2, 0) is 4.57 Å². The molecule has 0 aliphatic heterocycles. The summed E-state index contributed by atoms with van der Waals surface area (Å²) in [6, 6.07) is 15.3. The monoisotopic (exact) mass is 426 g/mol. The molecule has 2 rings (SSSR count). The zero-order chi connectivity index (χ0) is 15.7. The van der Waals surface area contributed by atoms with Crippen molar-refractivity contribution in [2.75, 3.05) is 0 Å². The molecule has 0 spiro atoms. The first kappa shape index (κ1) is 17.3. The molecule has 0 aromatic heterocycles. The Morgan fingerprint density at radius 3 is 1.90 bits per heavy atom. The molecule has 0 amide bonds. The third kappa shape index (κ3) is 3.67. The molecule has 7 heteroatoms. The Hall–Kier alpha value is -0.0200. The van der Waals surface area contributed by atoms with Crippen molar-refractivity contribution < 1.29 is 9.67 Å². The molecule has 0 aliphatic carbocycles. The Bertz CT molecular complexity index is 656. The van der Waals surface area contributed by atoms with Crippen LogP contribution in [0.5, 0.6) is 0 Å². The molecular weight excluding hydrogens is 417 g/mol. The average Bonchev–Trinajstić information content (AvgIpc) is 2.46. The third-order valence-electron chi connectivity index (χ3n) is 2.99. The standard InChI is InChI=1S/C14H11BrCl3O2P/c15-10-6-8-12(9-7-10)21(20,13(19)14(16,17)18)11-4-2-1-3-5-11/h1-9,13,19H/t13-,21-/m0/s1. The summed E-state index contributed by atoms with van der Waals surface area (Å²) in [6.07, 6.45) is 0. The number of hydrogen-bond donors (Lipinski definition) is 1. The number of alkyl halides is 3. The van der Waals surface area contributed by atoms with E-state index in [0.717, 1.165) is 4.47 Å². The first-order valence-electron chi connectivity index (χ1n) is 5.92. The summed E-state index contributed by atoms with van der Waals surface area (Å²) >= 11 is 20.7. The first-order valence-corrected chi connectivity index (χ1v) is 9.63. The Morgan fingerprint density at radius 2 is 1.43 bits per heavy atom. The molecule has 21 heavy (non-hydrogen) atoms. The molecule has 2 nitrogen and oxygen atoms in total. The van der Waals surface area contributed by atoms with Gasteiger partial charge in [-0.05, 0) is 24.3 Å². The quantitative estimate of drug-likeness (QED) is 0.579. The Labute approximate surface area is 146 Å². The van der Waals surface area contributed by atoms with Crippen LogP contribution in [0.15, 0.2) is 59.1 Å². The second-order valence-electron chi connectivity index (χ2n) is 4.39. The summed E-state index contributed by atoms with van der Waals surface area (Å²) < 4.78 is 12.3. The number of aliphatic hydroxyl groups excluding tert-OH is 1. The highest BCUT2D eigenvalue weighted by Gasteiger charge is 2.47. The lowest BCUT2D eigenvalue weighted by molar-refractivity contribution is 0.255. The van der Waals surface area contributed by atoms with E-state index in [0.29, 0.717) is 10.6 Å². The van der Waals surface area contributed by atoms with Crippen molar-refractivity contribution in [2.24, 2.45) is 0 Å². The second kappa shape index (κ2) is 6.62. The highest BCUT2D eigenvalue weighted by atomic mass is 79.9. The highest BCUT2D eigenvalue weighted by Crippen LogP contribution is 2.55. The maximum atomic E-state index is 13.6. The molecule has 0 radical (unpaired) electrons. The summed E-state index contributed by atoms with van der Waals surface area (Å²) in [5.41, 5.74) is 0. The number of aliphatic hydroxyl groups is 1. The molecule has 112 valence electrons. The molecule has 2 aromatic rings. The van der Waals surface area contributed by atoms with Gasteiger partial charge in [-0.3, -0.25) is 0 Å². The zero-order valence-electron chi connectivity index (χ0n) is 10.6. The van der Waals surface area contributed by atoms with E-state index in [4.69, 9.17) is 34.8 Å². The van der Waals surface area contributed by atoms with Crippen LogP contribution >= 0.6 is 57.9 Å². The van der Waals surface area contributed by atoms with Crippen molar-refractivity contribution >= 4 is 68.5 Å². The van der Waals surface area contributed by atoms with Crippen molar-refractivity contribution in [1.82, 2.24) is 0 Å². The molecule has 0 bridgehead atoms.